The second kappa shape index (κ2) is 8.11. The molecule has 0 saturated heterocycles. The standard InChI is InChI=1S/C21H21N5O3S/c1-12-9-13(2)22-19-18(12)20(25-26(19)3)29-10-17(27)24-21-23-15(11-30-21)14-7-5-6-8-16(14)28-4/h5-9,11H,10H2,1-4H3,(H,23,24,27). The number of carbonyl (C=O) groups excluding carboxylic acids is 1. The Morgan fingerprint density at radius 2 is 2.03 bits per heavy atom. The van der Waals surface area contributed by atoms with Crippen molar-refractivity contribution in [2.45, 2.75) is 13.8 Å². The number of hydrogen-bond acceptors (Lipinski definition) is 7. The first-order chi connectivity index (χ1) is 14.5. The van der Waals surface area contributed by atoms with Crippen LogP contribution in [-0.4, -0.2) is 39.4 Å². The zero-order chi connectivity index (χ0) is 21.3. The normalized spacial score (nSPS) is 10.9. The van der Waals surface area contributed by atoms with Crippen LogP contribution in [0.5, 0.6) is 11.6 Å². The molecular formula is C21H21N5O3S. The van der Waals surface area contributed by atoms with Crippen molar-refractivity contribution in [2.24, 2.45) is 7.05 Å². The summed E-state index contributed by atoms with van der Waals surface area (Å²) < 4.78 is 12.7. The fourth-order valence-corrected chi connectivity index (χ4v) is 3.98. The summed E-state index contributed by atoms with van der Waals surface area (Å²) in [6.07, 6.45) is 0. The molecular weight excluding hydrogens is 402 g/mol. The Bertz CT molecular complexity index is 1230. The molecule has 0 fully saturated rings. The van der Waals surface area contributed by atoms with Crippen molar-refractivity contribution >= 4 is 33.4 Å². The predicted octanol–water partition coefficient (Wildman–Crippen LogP) is 3.73. The van der Waals surface area contributed by atoms with Crippen LogP contribution < -0.4 is 14.8 Å². The van der Waals surface area contributed by atoms with E-state index in [1.807, 2.05) is 49.6 Å². The number of anilines is 1. The molecule has 3 heterocycles. The summed E-state index contributed by atoms with van der Waals surface area (Å²) in [5.74, 6) is 0.805. The predicted molar refractivity (Wildman–Crippen MR) is 116 cm³/mol. The van der Waals surface area contributed by atoms with E-state index in [0.29, 0.717) is 11.0 Å². The average molecular weight is 423 g/mol. The topological polar surface area (TPSA) is 91.2 Å². The number of rotatable bonds is 6. The van der Waals surface area contributed by atoms with Crippen molar-refractivity contribution in [3.8, 4) is 22.9 Å². The van der Waals surface area contributed by atoms with Crippen LogP contribution in [-0.2, 0) is 11.8 Å². The van der Waals surface area contributed by atoms with Gasteiger partial charge in [-0.25, -0.2) is 14.6 Å². The van der Waals surface area contributed by atoms with Crippen LogP contribution in [0.25, 0.3) is 22.3 Å². The van der Waals surface area contributed by atoms with Gasteiger partial charge in [0.05, 0.1) is 18.2 Å². The number of carbonyl (C=O) groups is 1. The summed E-state index contributed by atoms with van der Waals surface area (Å²) in [4.78, 5) is 21.4. The van der Waals surface area contributed by atoms with E-state index in [1.165, 1.54) is 11.3 Å². The number of benzene rings is 1. The number of methoxy groups -OCH3 is 1. The number of aryl methyl sites for hydroxylation is 3. The first kappa shape index (κ1) is 19.8. The van der Waals surface area contributed by atoms with E-state index in [1.54, 1.807) is 18.8 Å². The van der Waals surface area contributed by atoms with Gasteiger partial charge in [0.15, 0.2) is 17.4 Å². The van der Waals surface area contributed by atoms with Gasteiger partial charge in [-0.15, -0.1) is 16.4 Å². The lowest BCUT2D eigenvalue weighted by atomic mass is 10.1. The maximum absolute atomic E-state index is 12.4. The fraction of sp³-hybridized carbons (Fsp3) is 0.238. The van der Waals surface area contributed by atoms with Crippen molar-refractivity contribution in [1.29, 1.82) is 0 Å². The summed E-state index contributed by atoms with van der Waals surface area (Å²) in [5, 5.41) is 10.3. The molecule has 0 aliphatic heterocycles. The molecule has 3 aromatic heterocycles. The summed E-state index contributed by atoms with van der Waals surface area (Å²) in [5.41, 5.74) is 4.24. The second-order valence-electron chi connectivity index (χ2n) is 6.78. The minimum Gasteiger partial charge on any atom is -0.496 e. The summed E-state index contributed by atoms with van der Waals surface area (Å²) >= 11 is 1.34. The van der Waals surface area contributed by atoms with Gasteiger partial charge in [-0.05, 0) is 37.6 Å². The van der Waals surface area contributed by atoms with Gasteiger partial charge >= 0.3 is 0 Å². The number of thiazole rings is 1. The van der Waals surface area contributed by atoms with E-state index in [4.69, 9.17) is 9.47 Å². The number of pyridine rings is 1. The Kier molecular flexibility index (Phi) is 5.37. The second-order valence-corrected chi connectivity index (χ2v) is 7.64. The van der Waals surface area contributed by atoms with Gasteiger partial charge in [0, 0.05) is 23.7 Å². The highest BCUT2D eigenvalue weighted by Gasteiger charge is 2.16. The molecule has 0 unspecified atom stereocenters. The lowest BCUT2D eigenvalue weighted by Crippen LogP contribution is -2.20. The summed E-state index contributed by atoms with van der Waals surface area (Å²) in [6, 6.07) is 9.57. The number of para-hydroxylation sites is 1. The number of hydrogen-bond donors (Lipinski definition) is 1. The Labute approximate surface area is 177 Å². The van der Waals surface area contributed by atoms with E-state index < -0.39 is 0 Å². The van der Waals surface area contributed by atoms with Crippen LogP contribution in [0.3, 0.4) is 0 Å². The van der Waals surface area contributed by atoms with Crippen LogP contribution in [0, 0.1) is 13.8 Å². The van der Waals surface area contributed by atoms with Gasteiger partial charge in [-0.1, -0.05) is 12.1 Å². The van der Waals surface area contributed by atoms with Crippen LogP contribution in [0.15, 0.2) is 35.7 Å². The molecule has 0 aliphatic rings. The van der Waals surface area contributed by atoms with Crippen LogP contribution in [0.2, 0.25) is 0 Å². The molecule has 0 aliphatic carbocycles. The fourth-order valence-electron chi connectivity index (χ4n) is 3.25. The Balaban J connectivity index is 1.45. The van der Waals surface area contributed by atoms with Crippen molar-refractivity contribution in [3.63, 3.8) is 0 Å². The van der Waals surface area contributed by atoms with Gasteiger partial charge in [0.2, 0.25) is 5.88 Å². The molecule has 1 aromatic carbocycles. The maximum Gasteiger partial charge on any atom is 0.264 e. The first-order valence-corrected chi connectivity index (χ1v) is 10.2. The number of aromatic nitrogens is 4. The van der Waals surface area contributed by atoms with Gasteiger partial charge in [0.1, 0.15) is 5.75 Å². The number of nitrogens with zero attached hydrogens (tertiary/aromatic N) is 4. The minimum absolute atomic E-state index is 0.178. The van der Waals surface area contributed by atoms with Gasteiger partial charge < -0.3 is 9.47 Å². The molecule has 0 spiro atoms. The van der Waals surface area contributed by atoms with E-state index in [9.17, 15) is 4.79 Å². The molecule has 1 amide bonds. The SMILES string of the molecule is COc1ccccc1-c1csc(NC(=O)COc2nn(C)c3nc(C)cc(C)c23)n1. The van der Waals surface area contributed by atoms with Crippen molar-refractivity contribution in [1.82, 2.24) is 19.7 Å². The Morgan fingerprint density at radius 1 is 1.23 bits per heavy atom. The van der Waals surface area contributed by atoms with Gasteiger partial charge in [-0.2, -0.15) is 0 Å². The molecule has 0 bridgehead atoms. The molecule has 0 atom stereocenters. The third-order valence-electron chi connectivity index (χ3n) is 4.56. The summed E-state index contributed by atoms with van der Waals surface area (Å²) in [7, 11) is 3.42. The minimum atomic E-state index is -0.313. The lowest BCUT2D eigenvalue weighted by molar-refractivity contribution is -0.118. The molecule has 9 heteroatoms. The van der Waals surface area contributed by atoms with Crippen LogP contribution in [0.1, 0.15) is 11.3 Å². The molecule has 8 nitrogen and oxygen atoms in total. The zero-order valence-electron chi connectivity index (χ0n) is 17.1. The zero-order valence-corrected chi connectivity index (χ0v) is 17.9. The highest BCUT2D eigenvalue weighted by Crippen LogP contribution is 2.32. The van der Waals surface area contributed by atoms with E-state index in [0.717, 1.165) is 39.3 Å². The highest BCUT2D eigenvalue weighted by molar-refractivity contribution is 7.14. The van der Waals surface area contributed by atoms with Crippen molar-refractivity contribution < 1.29 is 14.3 Å². The largest absolute Gasteiger partial charge is 0.496 e. The molecule has 30 heavy (non-hydrogen) atoms. The van der Waals surface area contributed by atoms with Gasteiger partial charge in [0.25, 0.3) is 5.91 Å². The van der Waals surface area contributed by atoms with Crippen LogP contribution in [0.4, 0.5) is 5.13 Å². The van der Waals surface area contributed by atoms with Gasteiger partial charge in [-0.3, -0.25) is 10.1 Å². The van der Waals surface area contributed by atoms with E-state index in [-0.39, 0.29) is 12.5 Å². The molecule has 4 rings (SSSR count). The van der Waals surface area contributed by atoms with Crippen LogP contribution >= 0.6 is 11.3 Å². The molecule has 4 aromatic rings. The quantitative estimate of drug-likeness (QED) is 0.508. The van der Waals surface area contributed by atoms with Crippen molar-refractivity contribution in [2.75, 3.05) is 19.0 Å². The lowest BCUT2D eigenvalue weighted by Gasteiger charge is -2.06. The summed E-state index contributed by atoms with van der Waals surface area (Å²) in [6.45, 7) is 3.73. The molecule has 0 saturated carbocycles. The monoisotopic (exact) mass is 423 g/mol. The highest BCUT2D eigenvalue weighted by atomic mass is 32.1. The van der Waals surface area contributed by atoms with E-state index >= 15 is 0 Å². The molecule has 1 N–H and O–H groups in total. The average Bonchev–Trinajstić information content (AvgIpc) is 3.31. The van der Waals surface area contributed by atoms with Crippen molar-refractivity contribution in [3.05, 3.63) is 47.0 Å². The number of ether oxygens (including phenoxy) is 2. The first-order valence-electron chi connectivity index (χ1n) is 9.28. The number of amides is 1. The Morgan fingerprint density at radius 3 is 2.83 bits per heavy atom. The molecule has 0 radical (unpaired) electrons. The number of nitrogens with one attached hydrogen (secondary N) is 1. The maximum atomic E-state index is 12.4. The smallest absolute Gasteiger partial charge is 0.264 e. The Hall–Kier alpha value is -3.46. The number of fused-ring (bicyclic) bond motifs is 1. The molecule has 154 valence electrons. The third kappa shape index (κ3) is 3.84. The third-order valence-corrected chi connectivity index (χ3v) is 5.32. The van der Waals surface area contributed by atoms with E-state index in [2.05, 4.69) is 20.4 Å².